The molecule has 0 radical (unpaired) electrons. The van der Waals surface area contributed by atoms with Crippen LogP contribution in [-0.2, 0) is 0 Å². The zero-order valence-corrected chi connectivity index (χ0v) is 12.2. The van der Waals surface area contributed by atoms with Crippen molar-refractivity contribution >= 4 is 27.8 Å². The van der Waals surface area contributed by atoms with Crippen molar-refractivity contribution in [2.24, 2.45) is 0 Å². The van der Waals surface area contributed by atoms with Gasteiger partial charge in [-0.25, -0.2) is 0 Å². The second-order valence-electron chi connectivity index (χ2n) is 5.39. The number of nitro groups is 1. The van der Waals surface area contributed by atoms with Crippen LogP contribution in [0.2, 0.25) is 0 Å². The average Bonchev–Trinajstić information content (AvgIpc) is 3.04. The van der Waals surface area contributed by atoms with Gasteiger partial charge in [-0.2, -0.15) is 0 Å². The zero-order chi connectivity index (χ0) is 14.3. The second-order valence-corrected chi connectivity index (χ2v) is 6.42. The third-order valence-electron chi connectivity index (χ3n) is 4.11. The molecule has 2 aliphatic heterocycles. The Hall–Kier alpha value is -1.47. The Kier molecular flexibility index (Phi) is 3.47. The molecular formula is C13H17N3O3S. The van der Waals surface area contributed by atoms with Crippen LogP contribution in [0.5, 0.6) is 0 Å². The monoisotopic (exact) mass is 295 g/mol. The summed E-state index contributed by atoms with van der Waals surface area (Å²) in [6.07, 6.45) is 2.37. The molecule has 7 heteroatoms. The summed E-state index contributed by atoms with van der Waals surface area (Å²) in [4.78, 5) is 27.3. The van der Waals surface area contributed by atoms with Crippen LogP contribution in [0, 0.1) is 10.1 Å². The summed E-state index contributed by atoms with van der Waals surface area (Å²) < 4.78 is 0. The van der Waals surface area contributed by atoms with Gasteiger partial charge in [-0.15, -0.1) is 11.3 Å². The number of anilines is 1. The third kappa shape index (κ3) is 2.31. The normalized spacial score (nSPS) is 22.9. The highest BCUT2D eigenvalue weighted by Crippen LogP contribution is 2.39. The summed E-state index contributed by atoms with van der Waals surface area (Å²) in [7, 11) is 0. The first-order chi connectivity index (χ1) is 9.56. The van der Waals surface area contributed by atoms with Gasteiger partial charge in [0, 0.05) is 31.7 Å². The van der Waals surface area contributed by atoms with Gasteiger partial charge in [-0.05, 0) is 26.3 Å². The van der Waals surface area contributed by atoms with Crippen LogP contribution >= 0.6 is 11.3 Å². The second kappa shape index (κ2) is 5.14. The van der Waals surface area contributed by atoms with E-state index >= 15 is 0 Å². The Morgan fingerprint density at radius 1 is 1.45 bits per heavy atom. The summed E-state index contributed by atoms with van der Waals surface area (Å²) >= 11 is 1.25. The number of hydrogen-bond acceptors (Lipinski definition) is 6. The van der Waals surface area contributed by atoms with E-state index in [1.165, 1.54) is 30.7 Å². The molecule has 0 aromatic carbocycles. The Balaban J connectivity index is 1.89. The van der Waals surface area contributed by atoms with E-state index in [9.17, 15) is 14.9 Å². The van der Waals surface area contributed by atoms with Crippen LogP contribution in [0.1, 0.15) is 29.4 Å². The lowest BCUT2D eigenvalue weighted by molar-refractivity contribution is -0.383. The Labute approximate surface area is 121 Å². The largest absolute Gasteiger partial charge is 0.355 e. The van der Waals surface area contributed by atoms with Crippen LogP contribution in [0.4, 0.5) is 10.7 Å². The van der Waals surface area contributed by atoms with Crippen molar-refractivity contribution in [2.45, 2.75) is 25.8 Å². The van der Waals surface area contributed by atoms with Crippen molar-refractivity contribution < 1.29 is 9.72 Å². The minimum absolute atomic E-state index is 0.0756. The van der Waals surface area contributed by atoms with Gasteiger partial charge < -0.3 is 4.90 Å². The zero-order valence-electron chi connectivity index (χ0n) is 11.4. The van der Waals surface area contributed by atoms with Crippen LogP contribution in [-0.4, -0.2) is 47.8 Å². The Bertz CT molecular complexity index is 557. The van der Waals surface area contributed by atoms with E-state index < -0.39 is 0 Å². The molecular weight excluding hydrogens is 278 g/mol. The molecule has 1 aromatic rings. The molecule has 6 nitrogen and oxygen atoms in total. The number of rotatable bonds is 3. The fourth-order valence-corrected chi connectivity index (χ4v) is 4.13. The van der Waals surface area contributed by atoms with Gasteiger partial charge in [0.2, 0.25) is 0 Å². The number of Topliss-reactive ketones (excluding diaryl/α,β-unsaturated/α-hetero) is 1. The molecule has 20 heavy (non-hydrogen) atoms. The van der Waals surface area contributed by atoms with E-state index in [0.717, 1.165) is 32.6 Å². The lowest BCUT2D eigenvalue weighted by Gasteiger charge is -2.37. The highest BCUT2D eigenvalue weighted by atomic mass is 32.1. The Morgan fingerprint density at radius 2 is 2.25 bits per heavy atom. The molecule has 0 saturated carbocycles. The fourth-order valence-electron chi connectivity index (χ4n) is 3.08. The number of hydrogen-bond donors (Lipinski definition) is 0. The molecule has 0 aliphatic carbocycles. The van der Waals surface area contributed by atoms with Gasteiger partial charge in [0.1, 0.15) is 0 Å². The lowest BCUT2D eigenvalue weighted by Crippen LogP contribution is -2.50. The number of thiophene rings is 1. The van der Waals surface area contributed by atoms with Crippen molar-refractivity contribution in [2.75, 3.05) is 31.1 Å². The first-order valence-electron chi connectivity index (χ1n) is 6.84. The summed E-state index contributed by atoms with van der Waals surface area (Å²) in [5.41, 5.74) is 0.0756. The molecule has 3 rings (SSSR count). The molecule has 1 aromatic heterocycles. The predicted octanol–water partition coefficient (Wildman–Crippen LogP) is 2.14. The summed E-state index contributed by atoms with van der Waals surface area (Å²) in [5, 5.41) is 11.8. The maximum atomic E-state index is 11.5. The quantitative estimate of drug-likeness (QED) is 0.485. The number of carbonyl (C=O) groups excluding carboxylic acids is 1. The summed E-state index contributed by atoms with van der Waals surface area (Å²) in [6.45, 7) is 5.18. The van der Waals surface area contributed by atoms with E-state index in [4.69, 9.17) is 0 Å². The molecule has 1 atom stereocenters. The maximum absolute atomic E-state index is 11.5. The predicted molar refractivity (Wildman–Crippen MR) is 77.8 cm³/mol. The minimum atomic E-state index is -0.376. The van der Waals surface area contributed by atoms with E-state index in [-0.39, 0.29) is 16.4 Å². The molecule has 0 spiro atoms. The van der Waals surface area contributed by atoms with Crippen molar-refractivity contribution in [3.8, 4) is 0 Å². The topological polar surface area (TPSA) is 66.7 Å². The highest BCUT2D eigenvalue weighted by Gasteiger charge is 2.34. The highest BCUT2D eigenvalue weighted by molar-refractivity contribution is 7.18. The smallest absolute Gasteiger partial charge is 0.304 e. The van der Waals surface area contributed by atoms with Gasteiger partial charge in [0.25, 0.3) is 0 Å². The molecule has 3 heterocycles. The van der Waals surface area contributed by atoms with E-state index in [1.54, 1.807) is 0 Å². The van der Waals surface area contributed by atoms with Crippen LogP contribution in [0.15, 0.2) is 6.07 Å². The molecule has 1 unspecified atom stereocenters. The number of piperazine rings is 1. The molecule has 108 valence electrons. The molecule has 0 amide bonds. The first kappa shape index (κ1) is 13.5. The van der Waals surface area contributed by atoms with Crippen LogP contribution in [0.25, 0.3) is 0 Å². The minimum Gasteiger partial charge on any atom is -0.355 e. The van der Waals surface area contributed by atoms with Gasteiger partial charge in [0.05, 0.1) is 9.80 Å². The first-order valence-corrected chi connectivity index (χ1v) is 7.66. The van der Waals surface area contributed by atoms with Crippen molar-refractivity contribution in [3.05, 3.63) is 21.1 Å². The SMILES string of the molecule is CC(=O)c1cc([N+](=O)[O-])c(N2CCN3CCCC3C2)s1. The maximum Gasteiger partial charge on any atom is 0.304 e. The number of carbonyl (C=O) groups is 1. The van der Waals surface area contributed by atoms with Crippen molar-refractivity contribution in [1.29, 1.82) is 0 Å². The Morgan fingerprint density at radius 3 is 2.95 bits per heavy atom. The van der Waals surface area contributed by atoms with Crippen LogP contribution < -0.4 is 4.90 Å². The van der Waals surface area contributed by atoms with Crippen molar-refractivity contribution in [1.82, 2.24) is 4.90 Å². The molecule has 2 aliphatic rings. The van der Waals surface area contributed by atoms with Gasteiger partial charge in [-0.1, -0.05) is 0 Å². The van der Waals surface area contributed by atoms with Crippen molar-refractivity contribution in [3.63, 3.8) is 0 Å². The number of nitrogens with zero attached hydrogens (tertiary/aromatic N) is 3. The molecule has 0 bridgehead atoms. The summed E-state index contributed by atoms with van der Waals surface area (Å²) in [6, 6.07) is 1.93. The number of ketones is 1. The van der Waals surface area contributed by atoms with E-state index in [2.05, 4.69) is 9.80 Å². The fraction of sp³-hybridized carbons (Fsp3) is 0.615. The standard InChI is InChI=1S/C13H17N3O3S/c1-9(17)12-7-11(16(18)19)13(20-12)15-6-5-14-4-2-3-10(14)8-15/h7,10H,2-6,8H2,1H3. The molecule has 2 saturated heterocycles. The van der Waals surface area contributed by atoms with Gasteiger partial charge in [-0.3, -0.25) is 19.8 Å². The average molecular weight is 295 g/mol. The lowest BCUT2D eigenvalue weighted by atomic mass is 10.1. The molecule has 0 N–H and O–H groups in total. The van der Waals surface area contributed by atoms with Gasteiger partial charge >= 0.3 is 5.69 Å². The van der Waals surface area contributed by atoms with Gasteiger partial charge in [0.15, 0.2) is 10.8 Å². The third-order valence-corrected chi connectivity index (χ3v) is 5.40. The van der Waals surface area contributed by atoms with E-state index in [1.807, 2.05) is 0 Å². The summed E-state index contributed by atoms with van der Waals surface area (Å²) in [5.74, 6) is -0.108. The van der Waals surface area contributed by atoms with Crippen LogP contribution in [0.3, 0.4) is 0 Å². The number of fused-ring (bicyclic) bond motifs is 1. The van der Waals surface area contributed by atoms with E-state index in [0.29, 0.717) is 15.9 Å². The molecule has 2 fully saturated rings.